The van der Waals surface area contributed by atoms with Crippen molar-refractivity contribution in [2.75, 3.05) is 5.75 Å². The zero-order chi connectivity index (χ0) is 11.9. The molecule has 2 aromatic rings. The monoisotopic (exact) mass is 244 g/mol. The second kappa shape index (κ2) is 6.70. The van der Waals surface area contributed by atoms with Gasteiger partial charge in [0.05, 0.1) is 0 Å². The first-order valence-electron chi connectivity index (χ1n) is 6.49. The van der Waals surface area contributed by atoms with E-state index >= 15 is 0 Å². The maximum atomic E-state index is 4.23. The van der Waals surface area contributed by atoms with Crippen LogP contribution in [0.3, 0.4) is 0 Å². The van der Waals surface area contributed by atoms with Gasteiger partial charge in [0, 0.05) is 0 Å². The quantitative estimate of drug-likeness (QED) is 0.544. The Bertz CT molecular complexity index is 462. The smallest absolute Gasteiger partial charge is 0.00979 e. The van der Waals surface area contributed by atoms with Crippen LogP contribution in [0.4, 0.5) is 0 Å². The number of unbranched alkanes of at least 4 members (excludes halogenated alkanes) is 3. The van der Waals surface area contributed by atoms with E-state index in [1.54, 1.807) is 0 Å². The summed E-state index contributed by atoms with van der Waals surface area (Å²) in [6, 6.07) is 15.4. The molecule has 0 aliphatic rings. The maximum Gasteiger partial charge on any atom is -0.00979 e. The molecule has 0 radical (unpaired) electrons. The van der Waals surface area contributed by atoms with Crippen molar-refractivity contribution in [3.63, 3.8) is 0 Å². The highest BCUT2D eigenvalue weighted by Crippen LogP contribution is 2.17. The van der Waals surface area contributed by atoms with Crippen molar-refractivity contribution in [1.29, 1.82) is 0 Å². The van der Waals surface area contributed by atoms with Crippen molar-refractivity contribution in [1.82, 2.24) is 0 Å². The molecule has 2 rings (SSSR count). The molecule has 0 aliphatic carbocycles. The predicted molar refractivity (Wildman–Crippen MR) is 80.0 cm³/mol. The standard InChI is InChI=1S/C16H20S/c17-12-6-2-1-3-7-14-10-11-15-8-4-5-9-16(15)13-14/h4-5,8-11,13,17H,1-3,6-7,12H2. The van der Waals surface area contributed by atoms with E-state index in [0.29, 0.717) is 0 Å². The molecule has 90 valence electrons. The topological polar surface area (TPSA) is 0 Å². The minimum absolute atomic E-state index is 1.02. The van der Waals surface area contributed by atoms with Gasteiger partial charge >= 0.3 is 0 Å². The van der Waals surface area contributed by atoms with Gasteiger partial charge in [0.2, 0.25) is 0 Å². The van der Waals surface area contributed by atoms with Crippen LogP contribution in [0.1, 0.15) is 31.2 Å². The third kappa shape index (κ3) is 3.78. The van der Waals surface area contributed by atoms with Crippen molar-refractivity contribution in [3.8, 4) is 0 Å². The molecule has 0 N–H and O–H groups in total. The van der Waals surface area contributed by atoms with Crippen molar-refractivity contribution in [3.05, 3.63) is 48.0 Å². The fourth-order valence-corrected chi connectivity index (χ4v) is 2.41. The summed E-state index contributed by atoms with van der Waals surface area (Å²) >= 11 is 4.23. The van der Waals surface area contributed by atoms with Crippen LogP contribution in [-0.4, -0.2) is 5.75 Å². The van der Waals surface area contributed by atoms with Crippen LogP contribution in [-0.2, 0) is 6.42 Å². The first-order chi connectivity index (χ1) is 8.40. The number of hydrogen-bond donors (Lipinski definition) is 1. The molecule has 0 unspecified atom stereocenters. The van der Waals surface area contributed by atoms with Crippen LogP contribution in [0.5, 0.6) is 0 Å². The molecule has 0 aliphatic heterocycles. The van der Waals surface area contributed by atoms with E-state index in [-0.39, 0.29) is 0 Å². The number of rotatable bonds is 6. The largest absolute Gasteiger partial charge is 0.179 e. The van der Waals surface area contributed by atoms with Gasteiger partial charge in [-0.2, -0.15) is 12.6 Å². The molecule has 0 amide bonds. The molecule has 1 heteroatoms. The average Bonchev–Trinajstić information content (AvgIpc) is 2.38. The van der Waals surface area contributed by atoms with E-state index in [0.717, 1.165) is 5.75 Å². The Kier molecular flexibility index (Phi) is 4.93. The van der Waals surface area contributed by atoms with Gasteiger partial charge in [0.15, 0.2) is 0 Å². The Labute approximate surface area is 109 Å². The third-order valence-corrected chi connectivity index (χ3v) is 3.50. The fraction of sp³-hybridized carbons (Fsp3) is 0.375. The summed E-state index contributed by atoms with van der Waals surface area (Å²) in [4.78, 5) is 0. The van der Waals surface area contributed by atoms with Gasteiger partial charge in [-0.05, 0) is 41.4 Å². The van der Waals surface area contributed by atoms with Crippen LogP contribution in [0.2, 0.25) is 0 Å². The summed E-state index contributed by atoms with van der Waals surface area (Å²) in [6.07, 6.45) is 6.40. The van der Waals surface area contributed by atoms with E-state index in [9.17, 15) is 0 Å². The van der Waals surface area contributed by atoms with Crippen LogP contribution in [0.25, 0.3) is 10.8 Å². The molecule has 0 saturated heterocycles. The molecule has 0 spiro atoms. The van der Waals surface area contributed by atoms with E-state index in [1.807, 2.05) is 0 Å². The van der Waals surface area contributed by atoms with Gasteiger partial charge in [-0.1, -0.05) is 55.3 Å². The Hall–Kier alpha value is -0.950. The summed E-state index contributed by atoms with van der Waals surface area (Å²) in [5, 5.41) is 2.70. The lowest BCUT2D eigenvalue weighted by Gasteiger charge is -2.04. The SMILES string of the molecule is SCCCCCCc1ccc2ccccc2c1. The molecule has 0 nitrogen and oxygen atoms in total. The Morgan fingerprint density at radius 3 is 2.35 bits per heavy atom. The van der Waals surface area contributed by atoms with Crippen LogP contribution >= 0.6 is 12.6 Å². The van der Waals surface area contributed by atoms with Crippen LogP contribution in [0, 0.1) is 0 Å². The zero-order valence-electron chi connectivity index (χ0n) is 10.2. The second-order valence-corrected chi connectivity index (χ2v) is 5.02. The summed E-state index contributed by atoms with van der Waals surface area (Å²) in [6.45, 7) is 0. The summed E-state index contributed by atoms with van der Waals surface area (Å²) in [5.74, 6) is 1.02. The zero-order valence-corrected chi connectivity index (χ0v) is 11.1. The molecule has 17 heavy (non-hydrogen) atoms. The minimum atomic E-state index is 1.02. The summed E-state index contributed by atoms with van der Waals surface area (Å²) < 4.78 is 0. The van der Waals surface area contributed by atoms with Crippen molar-refractivity contribution < 1.29 is 0 Å². The van der Waals surface area contributed by atoms with Gasteiger partial charge in [-0.3, -0.25) is 0 Å². The third-order valence-electron chi connectivity index (χ3n) is 3.19. The van der Waals surface area contributed by atoms with Gasteiger partial charge in [-0.15, -0.1) is 0 Å². The number of benzene rings is 2. The fourth-order valence-electron chi connectivity index (χ4n) is 2.19. The molecule has 0 aromatic heterocycles. The number of aryl methyl sites for hydroxylation is 1. The molecule has 0 bridgehead atoms. The molecule has 2 aromatic carbocycles. The summed E-state index contributed by atoms with van der Waals surface area (Å²) in [5.41, 5.74) is 1.47. The Balaban J connectivity index is 1.90. The lowest BCUT2D eigenvalue weighted by molar-refractivity contribution is 0.671. The first-order valence-corrected chi connectivity index (χ1v) is 7.12. The van der Waals surface area contributed by atoms with Crippen molar-refractivity contribution >= 4 is 23.4 Å². The van der Waals surface area contributed by atoms with Gasteiger partial charge in [-0.25, -0.2) is 0 Å². The normalized spacial score (nSPS) is 10.9. The van der Waals surface area contributed by atoms with Crippen LogP contribution in [0.15, 0.2) is 42.5 Å². The molecule has 0 saturated carbocycles. The average molecular weight is 244 g/mol. The predicted octanol–water partition coefficient (Wildman–Crippen LogP) is 4.87. The highest BCUT2D eigenvalue weighted by atomic mass is 32.1. The van der Waals surface area contributed by atoms with Crippen molar-refractivity contribution in [2.45, 2.75) is 32.1 Å². The number of hydrogen-bond acceptors (Lipinski definition) is 1. The van der Waals surface area contributed by atoms with E-state index < -0.39 is 0 Å². The highest BCUT2D eigenvalue weighted by molar-refractivity contribution is 7.80. The maximum absolute atomic E-state index is 4.23. The molecular weight excluding hydrogens is 224 g/mol. The first kappa shape index (κ1) is 12.5. The minimum Gasteiger partial charge on any atom is -0.179 e. The lowest BCUT2D eigenvalue weighted by Crippen LogP contribution is -1.87. The molecular formula is C16H20S. The van der Waals surface area contributed by atoms with E-state index in [4.69, 9.17) is 0 Å². The lowest BCUT2D eigenvalue weighted by atomic mass is 10.0. The van der Waals surface area contributed by atoms with Gasteiger partial charge < -0.3 is 0 Å². The van der Waals surface area contributed by atoms with E-state index in [2.05, 4.69) is 55.1 Å². The number of fused-ring (bicyclic) bond motifs is 1. The van der Waals surface area contributed by atoms with E-state index in [1.165, 1.54) is 48.4 Å². The second-order valence-electron chi connectivity index (χ2n) is 4.57. The molecule has 0 fully saturated rings. The number of thiol groups is 1. The molecule has 0 heterocycles. The van der Waals surface area contributed by atoms with Gasteiger partial charge in [0.1, 0.15) is 0 Å². The summed E-state index contributed by atoms with van der Waals surface area (Å²) in [7, 11) is 0. The van der Waals surface area contributed by atoms with Crippen LogP contribution < -0.4 is 0 Å². The Morgan fingerprint density at radius 1 is 0.765 bits per heavy atom. The highest BCUT2D eigenvalue weighted by Gasteiger charge is 1.96. The van der Waals surface area contributed by atoms with Gasteiger partial charge in [0.25, 0.3) is 0 Å². The Morgan fingerprint density at radius 2 is 1.53 bits per heavy atom. The molecule has 0 atom stereocenters. The van der Waals surface area contributed by atoms with Crippen molar-refractivity contribution in [2.24, 2.45) is 0 Å².